The van der Waals surface area contributed by atoms with Gasteiger partial charge in [-0.2, -0.15) is 0 Å². The van der Waals surface area contributed by atoms with Crippen molar-refractivity contribution < 1.29 is 9.90 Å². The van der Waals surface area contributed by atoms with Crippen LogP contribution in [0.2, 0.25) is 0 Å². The quantitative estimate of drug-likeness (QED) is 0.557. The summed E-state index contributed by atoms with van der Waals surface area (Å²) in [5.74, 6) is -0.276. The van der Waals surface area contributed by atoms with Gasteiger partial charge in [0.15, 0.2) is 0 Å². The SMILES string of the molecule is NC1(NC(=O)C2(O)CC2)CCCCC1. The summed E-state index contributed by atoms with van der Waals surface area (Å²) in [5.41, 5.74) is 4.39. The Morgan fingerprint density at radius 3 is 2.21 bits per heavy atom. The first-order chi connectivity index (χ1) is 6.54. The van der Waals surface area contributed by atoms with E-state index >= 15 is 0 Å². The lowest BCUT2D eigenvalue weighted by molar-refractivity contribution is -0.133. The van der Waals surface area contributed by atoms with Gasteiger partial charge < -0.3 is 16.2 Å². The Hall–Kier alpha value is -0.610. The maximum atomic E-state index is 11.6. The van der Waals surface area contributed by atoms with Crippen LogP contribution in [-0.2, 0) is 4.79 Å². The summed E-state index contributed by atoms with van der Waals surface area (Å²) < 4.78 is 0. The van der Waals surface area contributed by atoms with Crippen LogP contribution in [0.15, 0.2) is 0 Å². The van der Waals surface area contributed by atoms with Crippen LogP contribution in [0.4, 0.5) is 0 Å². The average molecular weight is 198 g/mol. The molecule has 2 fully saturated rings. The summed E-state index contributed by atoms with van der Waals surface area (Å²) in [4.78, 5) is 11.6. The van der Waals surface area contributed by atoms with Crippen LogP contribution in [0, 0.1) is 0 Å². The summed E-state index contributed by atoms with van der Waals surface area (Å²) in [6, 6.07) is 0. The topological polar surface area (TPSA) is 75.3 Å². The molecule has 0 aliphatic heterocycles. The first kappa shape index (κ1) is 9.93. The monoisotopic (exact) mass is 198 g/mol. The van der Waals surface area contributed by atoms with E-state index in [0.29, 0.717) is 12.8 Å². The van der Waals surface area contributed by atoms with Crippen LogP contribution in [0.1, 0.15) is 44.9 Å². The van der Waals surface area contributed by atoms with Crippen molar-refractivity contribution >= 4 is 5.91 Å². The third kappa shape index (κ3) is 1.91. The molecule has 80 valence electrons. The molecular weight excluding hydrogens is 180 g/mol. The van der Waals surface area contributed by atoms with Crippen molar-refractivity contribution in [2.24, 2.45) is 5.73 Å². The highest BCUT2D eigenvalue weighted by molar-refractivity contribution is 5.88. The molecule has 0 aromatic heterocycles. The smallest absolute Gasteiger partial charge is 0.253 e. The van der Waals surface area contributed by atoms with Crippen LogP contribution >= 0.6 is 0 Å². The number of amides is 1. The van der Waals surface area contributed by atoms with Gasteiger partial charge in [0.1, 0.15) is 5.60 Å². The Morgan fingerprint density at radius 2 is 1.71 bits per heavy atom. The molecule has 14 heavy (non-hydrogen) atoms. The fourth-order valence-corrected chi connectivity index (χ4v) is 2.00. The second-order valence-corrected chi connectivity index (χ2v) is 4.70. The van der Waals surface area contributed by atoms with E-state index in [0.717, 1.165) is 25.7 Å². The molecule has 0 spiro atoms. The van der Waals surface area contributed by atoms with Gasteiger partial charge in [0.2, 0.25) is 0 Å². The molecule has 0 saturated heterocycles. The Labute approximate surface area is 83.9 Å². The zero-order chi connectivity index (χ0) is 10.2. The van der Waals surface area contributed by atoms with Gasteiger partial charge in [0, 0.05) is 0 Å². The number of nitrogens with two attached hydrogens (primary N) is 1. The lowest BCUT2D eigenvalue weighted by atomic mass is 9.89. The number of aliphatic hydroxyl groups is 1. The molecule has 0 heterocycles. The van der Waals surface area contributed by atoms with Crippen molar-refractivity contribution in [1.29, 1.82) is 0 Å². The van der Waals surface area contributed by atoms with Gasteiger partial charge in [-0.3, -0.25) is 4.79 Å². The predicted octanol–water partition coefficient (Wildman–Crippen LogP) is 0.247. The van der Waals surface area contributed by atoms with Gasteiger partial charge in [-0.1, -0.05) is 6.42 Å². The molecule has 4 heteroatoms. The molecule has 0 aromatic carbocycles. The van der Waals surface area contributed by atoms with E-state index in [1.54, 1.807) is 0 Å². The zero-order valence-electron chi connectivity index (χ0n) is 8.38. The second kappa shape index (κ2) is 3.21. The van der Waals surface area contributed by atoms with Gasteiger partial charge in [0.25, 0.3) is 5.91 Å². The zero-order valence-corrected chi connectivity index (χ0v) is 8.38. The average Bonchev–Trinajstić information content (AvgIpc) is 2.85. The molecule has 2 saturated carbocycles. The van der Waals surface area contributed by atoms with Gasteiger partial charge in [-0.25, -0.2) is 0 Å². The standard InChI is InChI=1S/C10H18N2O2/c11-10(4-2-1-3-5-10)12-8(13)9(14)6-7-9/h14H,1-7,11H2,(H,12,13). The molecule has 0 atom stereocenters. The summed E-state index contributed by atoms with van der Waals surface area (Å²) in [6.45, 7) is 0. The summed E-state index contributed by atoms with van der Waals surface area (Å²) >= 11 is 0. The molecule has 1 amide bonds. The number of hydrogen-bond donors (Lipinski definition) is 3. The molecular formula is C10H18N2O2. The Balaban J connectivity index is 1.91. The molecule has 4 nitrogen and oxygen atoms in total. The minimum absolute atomic E-state index is 0.276. The third-order valence-corrected chi connectivity index (χ3v) is 3.25. The van der Waals surface area contributed by atoms with Crippen LogP contribution < -0.4 is 11.1 Å². The fourth-order valence-electron chi connectivity index (χ4n) is 2.00. The number of carbonyl (C=O) groups is 1. The number of hydrogen-bond acceptors (Lipinski definition) is 3. The summed E-state index contributed by atoms with van der Waals surface area (Å²) in [5, 5.41) is 12.4. The van der Waals surface area contributed by atoms with Crippen molar-refractivity contribution in [3.05, 3.63) is 0 Å². The highest BCUT2D eigenvalue weighted by Crippen LogP contribution is 2.36. The van der Waals surface area contributed by atoms with Crippen molar-refractivity contribution in [2.45, 2.75) is 56.2 Å². The second-order valence-electron chi connectivity index (χ2n) is 4.70. The summed E-state index contributed by atoms with van der Waals surface area (Å²) in [6.07, 6.45) is 6.14. The van der Waals surface area contributed by atoms with Crippen LogP contribution in [0.25, 0.3) is 0 Å². The van der Waals surface area contributed by atoms with Gasteiger partial charge in [0.05, 0.1) is 5.66 Å². The summed E-state index contributed by atoms with van der Waals surface area (Å²) in [7, 11) is 0. The number of rotatable bonds is 2. The van der Waals surface area contributed by atoms with Crippen molar-refractivity contribution in [1.82, 2.24) is 5.32 Å². The van der Waals surface area contributed by atoms with Crippen molar-refractivity contribution in [2.75, 3.05) is 0 Å². The van der Waals surface area contributed by atoms with Crippen molar-refractivity contribution in [3.63, 3.8) is 0 Å². The highest BCUT2D eigenvalue weighted by atomic mass is 16.3. The fraction of sp³-hybridized carbons (Fsp3) is 0.900. The van der Waals surface area contributed by atoms with Crippen LogP contribution in [0.3, 0.4) is 0 Å². The third-order valence-electron chi connectivity index (χ3n) is 3.25. The minimum Gasteiger partial charge on any atom is -0.380 e. The molecule has 0 radical (unpaired) electrons. The largest absolute Gasteiger partial charge is 0.380 e. The molecule has 2 aliphatic rings. The predicted molar refractivity (Wildman–Crippen MR) is 52.3 cm³/mol. The van der Waals surface area contributed by atoms with Crippen LogP contribution in [-0.4, -0.2) is 22.3 Å². The molecule has 0 aromatic rings. The minimum atomic E-state index is -1.09. The first-order valence-corrected chi connectivity index (χ1v) is 5.38. The Bertz CT molecular complexity index is 243. The van der Waals surface area contributed by atoms with Crippen molar-refractivity contribution in [3.8, 4) is 0 Å². The van der Waals surface area contributed by atoms with E-state index in [4.69, 9.17) is 5.73 Å². The molecule has 0 unspecified atom stereocenters. The number of nitrogens with one attached hydrogen (secondary N) is 1. The van der Waals surface area contributed by atoms with E-state index in [-0.39, 0.29) is 5.91 Å². The Kier molecular flexibility index (Phi) is 2.27. The van der Waals surface area contributed by atoms with Crippen LogP contribution in [0.5, 0.6) is 0 Å². The van der Waals surface area contributed by atoms with Gasteiger partial charge >= 0.3 is 0 Å². The lowest BCUT2D eigenvalue weighted by Gasteiger charge is -2.34. The van der Waals surface area contributed by atoms with E-state index in [2.05, 4.69) is 5.32 Å². The van der Waals surface area contributed by atoms with E-state index in [1.807, 2.05) is 0 Å². The maximum Gasteiger partial charge on any atom is 0.253 e. The van der Waals surface area contributed by atoms with E-state index in [9.17, 15) is 9.90 Å². The van der Waals surface area contributed by atoms with Gasteiger partial charge in [-0.05, 0) is 38.5 Å². The molecule has 2 rings (SSSR count). The normalized spacial score (nSPS) is 28.1. The first-order valence-electron chi connectivity index (χ1n) is 5.38. The highest BCUT2D eigenvalue weighted by Gasteiger charge is 2.49. The van der Waals surface area contributed by atoms with E-state index < -0.39 is 11.3 Å². The van der Waals surface area contributed by atoms with Gasteiger partial charge in [-0.15, -0.1) is 0 Å². The molecule has 4 N–H and O–H groups in total. The molecule has 0 bridgehead atoms. The maximum absolute atomic E-state index is 11.6. The van der Waals surface area contributed by atoms with E-state index in [1.165, 1.54) is 6.42 Å². The lowest BCUT2D eigenvalue weighted by Crippen LogP contribution is -2.59. The molecule has 2 aliphatic carbocycles. The Morgan fingerprint density at radius 1 is 1.14 bits per heavy atom. The number of carbonyl (C=O) groups excluding carboxylic acids is 1.